The number of carbonyl (C=O) groups is 1. The number of rotatable bonds is 4. The molecule has 5 heteroatoms. The van der Waals surface area contributed by atoms with Gasteiger partial charge in [0.2, 0.25) is 5.91 Å². The smallest absolute Gasteiger partial charge is 0.241 e. The van der Waals surface area contributed by atoms with Crippen LogP contribution in [0.1, 0.15) is 18.9 Å². The van der Waals surface area contributed by atoms with E-state index < -0.39 is 0 Å². The molecule has 1 aromatic carbocycles. The highest BCUT2D eigenvalue weighted by atomic mass is 16.2. The molecule has 2 unspecified atom stereocenters. The Kier molecular flexibility index (Phi) is 4.94. The maximum atomic E-state index is 12.3. The van der Waals surface area contributed by atoms with Gasteiger partial charge >= 0.3 is 0 Å². The zero-order chi connectivity index (χ0) is 15.4. The second kappa shape index (κ2) is 6.70. The fraction of sp³-hybridized carbons (Fsp3) is 0.500. The van der Waals surface area contributed by atoms with Gasteiger partial charge in [-0.2, -0.15) is 5.26 Å². The number of amides is 1. The van der Waals surface area contributed by atoms with Crippen LogP contribution in [-0.2, 0) is 4.79 Å². The summed E-state index contributed by atoms with van der Waals surface area (Å²) in [5.41, 5.74) is 1.23. The molecule has 21 heavy (non-hydrogen) atoms. The van der Waals surface area contributed by atoms with Crippen LogP contribution in [0.2, 0.25) is 0 Å². The van der Waals surface area contributed by atoms with Gasteiger partial charge in [-0.15, -0.1) is 0 Å². The van der Waals surface area contributed by atoms with Crippen molar-refractivity contribution in [1.29, 1.82) is 5.26 Å². The summed E-state index contributed by atoms with van der Waals surface area (Å²) in [4.78, 5) is 16.7. The number of benzene rings is 1. The maximum Gasteiger partial charge on any atom is 0.241 e. The number of likely N-dealkylation sites (N-methyl/N-ethyl adjacent to an activating group) is 1. The highest BCUT2D eigenvalue weighted by Crippen LogP contribution is 2.17. The molecule has 1 saturated heterocycles. The number of nitrogens with one attached hydrogen (secondary N) is 1. The van der Waals surface area contributed by atoms with E-state index in [4.69, 9.17) is 5.26 Å². The standard InChI is InChI=1S/C16H22N4O/c1-12(20-8-7-15(11-20)19(2)3)16(21)18-14-6-4-5-13(9-14)10-17/h4-6,9,12,15H,7-8,11H2,1-3H3,(H,18,21). The van der Waals surface area contributed by atoms with Gasteiger partial charge < -0.3 is 10.2 Å². The largest absolute Gasteiger partial charge is 0.325 e. The molecule has 1 heterocycles. The lowest BCUT2D eigenvalue weighted by Crippen LogP contribution is -2.42. The number of hydrogen-bond donors (Lipinski definition) is 1. The Morgan fingerprint density at radius 2 is 2.29 bits per heavy atom. The molecule has 0 aliphatic carbocycles. The van der Waals surface area contributed by atoms with Crippen molar-refractivity contribution in [1.82, 2.24) is 9.80 Å². The lowest BCUT2D eigenvalue weighted by molar-refractivity contribution is -0.120. The van der Waals surface area contributed by atoms with E-state index in [0.717, 1.165) is 19.5 Å². The third-order valence-electron chi connectivity index (χ3n) is 4.11. The predicted octanol–water partition coefficient (Wildman–Crippen LogP) is 1.52. The average Bonchev–Trinajstić information content (AvgIpc) is 2.96. The molecule has 0 bridgehead atoms. The Morgan fingerprint density at radius 3 is 2.90 bits per heavy atom. The molecule has 2 rings (SSSR count). The molecule has 1 amide bonds. The Morgan fingerprint density at radius 1 is 1.52 bits per heavy atom. The molecule has 0 radical (unpaired) electrons. The van der Waals surface area contributed by atoms with E-state index in [9.17, 15) is 4.79 Å². The predicted molar refractivity (Wildman–Crippen MR) is 82.9 cm³/mol. The third kappa shape index (κ3) is 3.81. The molecule has 5 nitrogen and oxygen atoms in total. The maximum absolute atomic E-state index is 12.3. The van der Waals surface area contributed by atoms with Crippen LogP contribution in [0.15, 0.2) is 24.3 Å². The fourth-order valence-corrected chi connectivity index (χ4v) is 2.62. The summed E-state index contributed by atoms with van der Waals surface area (Å²) in [6, 6.07) is 9.42. The molecule has 1 fully saturated rings. The molecule has 112 valence electrons. The van der Waals surface area contributed by atoms with E-state index in [0.29, 0.717) is 17.3 Å². The van der Waals surface area contributed by atoms with Crippen LogP contribution in [0.4, 0.5) is 5.69 Å². The van der Waals surface area contributed by atoms with Crippen molar-refractivity contribution in [3.8, 4) is 6.07 Å². The molecule has 0 aromatic heterocycles. The van der Waals surface area contributed by atoms with Gasteiger partial charge in [0.05, 0.1) is 17.7 Å². The molecule has 0 spiro atoms. The minimum Gasteiger partial charge on any atom is -0.325 e. The summed E-state index contributed by atoms with van der Waals surface area (Å²) in [5, 5.41) is 11.8. The highest BCUT2D eigenvalue weighted by molar-refractivity contribution is 5.94. The van der Waals surface area contributed by atoms with Gasteiger partial charge in [-0.05, 0) is 45.6 Å². The molecule has 1 aliphatic rings. The summed E-state index contributed by atoms with van der Waals surface area (Å²) in [7, 11) is 4.15. The zero-order valence-corrected chi connectivity index (χ0v) is 12.8. The number of nitrogens with zero attached hydrogens (tertiary/aromatic N) is 3. The van der Waals surface area contributed by atoms with Crippen molar-refractivity contribution in [2.24, 2.45) is 0 Å². The second-order valence-corrected chi connectivity index (χ2v) is 5.76. The van der Waals surface area contributed by atoms with Crippen molar-refractivity contribution in [3.63, 3.8) is 0 Å². The monoisotopic (exact) mass is 286 g/mol. The molecule has 0 saturated carbocycles. The van der Waals surface area contributed by atoms with E-state index in [1.807, 2.05) is 6.92 Å². The first-order chi connectivity index (χ1) is 10.0. The first-order valence-corrected chi connectivity index (χ1v) is 7.22. The number of anilines is 1. The number of nitriles is 1. The number of likely N-dealkylation sites (tertiary alicyclic amines) is 1. The summed E-state index contributed by atoms with van der Waals surface area (Å²) in [5.74, 6) is -0.0236. The normalized spacial score (nSPS) is 20.2. The van der Waals surface area contributed by atoms with Gasteiger partial charge in [0.25, 0.3) is 0 Å². The van der Waals surface area contributed by atoms with Crippen molar-refractivity contribution < 1.29 is 4.79 Å². The van der Waals surface area contributed by atoms with Gasteiger partial charge in [-0.3, -0.25) is 9.69 Å². The van der Waals surface area contributed by atoms with Crippen molar-refractivity contribution in [2.75, 3.05) is 32.5 Å². The van der Waals surface area contributed by atoms with Crippen LogP contribution in [0, 0.1) is 11.3 Å². The van der Waals surface area contributed by atoms with Gasteiger partial charge in [-0.25, -0.2) is 0 Å². The van der Waals surface area contributed by atoms with E-state index >= 15 is 0 Å². The summed E-state index contributed by atoms with van der Waals surface area (Å²) < 4.78 is 0. The second-order valence-electron chi connectivity index (χ2n) is 5.76. The number of carbonyl (C=O) groups excluding carboxylic acids is 1. The van der Waals surface area contributed by atoms with E-state index in [1.165, 1.54) is 0 Å². The Hall–Kier alpha value is -1.90. The van der Waals surface area contributed by atoms with E-state index in [2.05, 4.69) is 35.3 Å². The summed E-state index contributed by atoms with van der Waals surface area (Å²) >= 11 is 0. The van der Waals surface area contributed by atoms with Crippen molar-refractivity contribution in [3.05, 3.63) is 29.8 Å². The molecule has 1 N–H and O–H groups in total. The van der Waals surface area contributed by atoms with Crippen LogP contribution >= 0.6 is 0 Å². The Labute approximate surface area is 126 Å². The molecular weight excluding hydrogens is 264 g/mol. The van der Waals surface area contributed by atoms with Crippen LogP contribution in [0.25, 0.3) is 0 Å². The van der Waals surface area contributed by atoms with E-state index in [-0.39, 0.29) is 11.9 Å². The topological polar surface area (TPSA) is 59.4 Å². The fourth-order valence-electron chi connectivity index (χ4n) is 2.62. The van der Waals surface area contributed by atoms with Gasteiger partial charge in [-0.1, -0.05) is 6.07 Å². The minimum atomic E-state index is -0.166. The van der Waals surface area contributed by atoms with Crippen LogP contribution < -0.4 is 5.32 Å². The first kappa shape index (κ1) is 15.5. The first-order valence-electron chi connectivity index (χ1n) is 7.22. The molecule has 1 aromatic rings. The highest BCUT2D eigenvalue weighted by Gasteiger charge is 2.30. The SMILES string of the molecule is CC(C(=O)Nc1cccc(C#N)c1)N1CCC(N(C)C)C1. The molecule has 2 atom stereocenters. The van der Waals surface area contributed by atoms with Crippen molar-refractivity contribution >= 4 is 11.6 Å². The van der Waals surface area contributed by atoms with Crippen LogP contribution in [0.3, 0.4) is 0 Å². The number of hydrogen-bond acceptors (Lipinski definition) is 4. The van der Waals surface area contributed by atoms with Crippen LogP contribution in [-0.4, -0.2) is 55.0 Å². The minimum absolute atomic E-state index is 0.0236. The van der Waals surface area contributed by atoms with Gasteiger partial charge in [0, 0.05) is 24.8 Å². The summed E-state index contributed by atoms with van der Waals surface area (Å²) in [6.07, 6.45) is 1.09. The quantitative estimate of drug-likeness (QED) is 0.911. The van der Waals surface area contributed by atoms with Crippen LogP contribution in [0.5, 0.6) is 0 Å². The lowest BCUT2D eigenvalue weighted by atomic mass is 10.2. The average molecular weight is 286 g/mol. The summed E-state index contributed by atoms with van der Waals surface area (Å²) in [6.45, 7) is 3.79. The van der Waals surface area contributed by atoms with Gasteiger partial charge in [0.1, 0.15) is 0 Å². The van der Waals surface area contributed by atoms with Crippen molar-refractivity contribution in [2.45, 2.75) is 25.4 Å². The molecular formula is C16H22N4O. The van der Waals surface area contributed by atoms with Gasteiger partial charge in [0.15, 0.2) is 0 Å². The van der Waals surface area contributed by atoms with E-state index in [1.54, 1.807) is 24.3 Å². The Balaban J connectivity index is 1.95. The zero-order valence-electron chi connectivity index (χ0n) is 12.8. The molecule has 1 aliphatic heterocycles. The Bertz CT molecular complexity index is 549. The lowest BCUT2D eigenvalue weighted by Gasteiger charge is -2.25. The third-order valence-corrected chi connectivity index (χ3v) is 4.11.